The second-order valence-corrected chi connectivity index (χ2v) is 8.21. The van der Waals surface area contributed by atoms with Crippen molar-refractivity contribution in [2.24, 2.45) is 4.99 Å². The lowest BCUT2D eigenvalue weighted by Crippen LogP contribution is -2.19. The lowest BCUT2D eigenvalue weighted by atomic mass is 10.2. The highest BCUT2D eigenvalue weighted by molar-refractivity contribution is 8.18. The predicted molar refractivity (Wildman–Crippen MR) is 129 cm³/mol. The van der Waals surface area contributed by atoms with E-state index in [0.717, 1.165) is 23.9 Å². The zero-order valence-corrected chi connectivity index (χ0v) is 18.6. The van der Waals surface area contributed by atoms with Crippen molar-refractivity contribution in [1.82, 2.24) is 5.32 Å². The minimum absolute atomic E-state index is 0.150. The third-order valence-corrected chi connectivity index (χ3v) is 5.69. The van der Waals surface area contributed by atoms with Gasteiger partial charge in [0.2, 0.25) is 5.75 Å². The Morgan fingerprint density at radius 3 is 2.53 bits per heavy atom. The molecule has 0 unspecified atom stereocenters. The number of hydrogen-bond donors (Lipinski definition) is 1. The molecular weight excluding hydrogens is 484 g/mol. The summed E-state index contributed by atoms with van der Waals surface area (Å²) in [5, 5.41) is 25.7. The summed E-state index contributed by atoms with van der Waals surface area (Å²) in [6.07, 6.45) is 1.62. The van der Waals surface area contributed by atoms with Crippen molar-refractivity contribution in [2.75, 3.05) is 0 Å². The molecule has 0 radical (unpaired) electrons. The highest BCUT2D eigenvalue weighted by Crippen LogP contribution is 2.35. The number of nitro groups is 2. The van der Waals surface area contributed by atoms with E-state index >= 15 is 0 Å². The number of nitrogens with zero attached hydrogens (tertiary/aromatic N) is 3. The number of amidine groups is 1. The van der Waals surface area contributed by atoms with E-state index in [9.17, 15) is 25.0 Å². The molecule has 0 saturated carbocycles. The van der Waals surface area contributed by atoms with Gasteiger partial charge in [-0.15, -0.1) is 0 Å². The molecule has 3 aromatic carbocycles. The van der Waals surface area contributed by atoms with Crippen molar-refractivity contribution < 1.29 is 19.4 Å². The van der Waals surface area contributed by atoms with Crippen LogP contribution in [0.4, 0.5) is 17.1 Å². The molecule has 1 aliphatic heterocycles. The SMILES string of the molecule is O=C1NC(=Nc2ccccc2Cl)S/C1=C/c1cccc(Oc2ccc([N+](=O)[O-])cc2[N+](=O)[O-])c1. The monoisotopic (exact) mass is 496 g/mol. The maximum absolute atomic E-state index is 12.4. The smallest absolute Gasteiger partial charge is 0.318 e. The van der Waals surface area contributed by atoms with Gasteiger partial charge in [-0.1, -0.05) is 35.9 Å². The number of para-hydroxylation sites is 1. The van der Waals surface area contributed by atoms with Crippen LogP contribution >= 0.6 is 23.4 Å². The highest BCUT2D eigenvalue weighted by Gasteiger charge is 2.24. The Bertz CT molecular complexity index is 1390. The number of ether oxygens (including phenoxy) is 1. The second kappa shape index (κ2) is 9.73. The van der Waals surface area contributed by atoms with E-state index in [2.05, 4.69) is 10.3 Å². The molecule has 1 saturated heterocycles. The summed E-state index contributed by atoms with van der Waals surface area (Å²) in [5.74, 6) is -0.240. The summed E-state index contributed by atoms with van der Waals surface area (Å²) in [4.78, 5) is 37.9. The number of thioether (sulfide) groups is 1. The number of benzene rings is 3. The fraction of sp³-hybridized carbons (Fsp3) is 0. The molecule has 0 aliphatic carbocycles. The summed E-state index contributed by atoms with van der Waals surface area (Å²) in [6.45, 7) is 0. The molecule has 170 valence electrons. The maximum Gasteiger partial charge on any atom is 0.318 e. The number of nitro benzene ring substituents is 2. The van der Waals surface area contributed by atoms with Crippen molar-refractivity contribution in [2.45, 2.75) is 0 Å². The number of carbonyl (C=O) groups is 1. The number of halogens is 1. The van der Waals surface area contributed by atoms with E-state index in [0.29, 0.717) is 26.3 Å². The Labute approximate surface area is 201 Å². The molecular formula is C22H13ClN4O6S. The molecule has 1 amide bonds. The first-order valence-electron chi connectivity index (χ1n) is 9.55. The third-order valence-electron chi connectivity index (χ3n) is 4.46. The fourth-order valence-electron chi connectivity index (χ4n) is 2.93. The largest absolute Gasteiger partial charge is 0.450 e. The molecule has 0 aromatic heterocycles. The Morgan fingerprint density at radius 1 is 1.00 bits per heavy atom. The van der Waals surface area contributed by atoms with Gasteiger partial charge in [0.1, 0.15) is 5.75 Å². The van der Waals surface area contributed by atoms with Crippen LogP contribution in [0.25, 0.3) is 6.08 Å². The molecule has 12 heteroatoms. The van der Waals surface area contributed by atoms with Crippen molar-refractivity contribution in [3.05, 3.63) is 102 Å². The fourth-order valence-corrected chi connectivity index (χ4v) is 3.94. The molecule has 34 heavy (non-hydrogen) atoms. The average Bonchev–Trinajstić information content (AvgIpc) is 3.14. The highest BCUT2D eigenvalue weighted by atomic mass is 35.5. The Morgan fingerprint density at radius 2 is 1.79 bits per heavy atom. The van der Waals surface area contributed by atoms with Gasteiger partial charge in [-0.3, -0.25) is 25.0 Å². The van der Waals surface area contributed by atoms with E-state index in [1.54, 1.807) is 54.6 Å². The van der Waals surface area contributed by atoms with Crippen LogP contribution in [-0.4, -0.2) is 20.9 Å². The van der Waals surface area contributed by atoms with Crippen LogP contribution < -0.4 is 10.1 Å². The summed E-state index contributed by atoms with van der Waals surface area (Å²) in [6, 6.07) is 16.6. The summed E-state index contributed by atoms with van der Waals surface area (Å²) < 4.78 is 5.61. The summed E-state index contributed by atoms with van der Waals surface area (Å²) >= 11 is 7.25. The quantitative estimate of drug-likeness (QED) is 0.257. The molecule has 4 rings (SSSR count). The van der Waals surface area contributed by atoms with E-state index < -0.39 is 21.2 Å². The van der Waals surface area contributed by atoms with Gasteiger partial charge in [0, 0.05) is 6.07 Å². The van der Waals surface area contributed by atoms with Crippen LogP contribution in [0.15, 0.2) is 76.6 Å². The average molecular weight is 497 g/mol. The van der Waals surface area contributed by atoms with E-state index in [4.69, 9.17) is 16.3 Å². The van der Waals surface area contributed by atoms with Gasteiger partial charge in [-0.05, 0) is 53.7 Å². The number of carbonyl (C=O) groups excluding carboxylic acids is 1. The van der Waals surface area contributed by atoms with Crippen LogP contribution in [-0.2, 0) is 4.79 Å². The molecule has 1 aliphatic rings. The number of hydrogen-bond acceptors (Lipinski definition) is 8. The first-order valence-corrected chi connectivity index (χ1v) is 10.7. The molecule has 0 atom stereocenters. The molecule has 1 heterocycles. The van der Waals surface area contributed by atoms with Gasteiger partial charge < -0.3 is 10.1 Å². The van der Waals surface area contributed by atoms with Crippen molar-refractivity contribution >= 4 is 57.6 Å². The number of non-ortho nitro benzene ring substituents is 1. The van der Waals surface area contributed by atoms with Crippen LogP contribution in [0.1, 0.15) is 5.56 Å². The zero-order valence-electron chi connectivity index (χ0n) is 17.0. The Balaban J connectivity index is 1.57. The molecule has 0 bridgehead atoms. The number of amides is 1. The first kappa shape index (κ1) is 23.0. The predicted octanol–water partition coefficient (Wildman–Crippen LogP) is 5.84. The van der Waals surface area contributed by atoms with Crippen LogP contribution in [0.2, 0.25) is 5.02 Å². The van der Waals surface area contributed by atoms with E-state index in [1.165, 1.54) is 6.07 Å². The maximum atomic E-state index is 12.4. The van der Waals surface area contributed by atoms with Crippen LogP contribution in [0.5, 0.6) is 11.5 Å². The Hall–Kier alpha value is -4.22. The minimum Gasteiger partial charge on any atom is -0.450 e. The van der Waals surface area contributed by atoms with Gasteiger partial charge in [0.05, 0.1) is 31.5 Å². The van der Waals surface area contributed by atoms with E-state index in [1.807, 2.05) is 0 Å². The standard InChI is InChI=1S/C22H13ClN4O6S/c23-16-6-1-2-7-17(16)24-22-25-21(28)20(34-22)11-13-4-3-5-15(10-13)33-19-9-8-14(26(29)30)12-18(19)27(31)32/h1-12H,(H,24,25,28)/b20-11+. The third kappa shape index (κ3) is 5.22. The van der Waals surface area contributed by atoms with Gasteiger partial charge in [0.15, 0.2) is 5.17 Å². The minimum atomic E-state index is -0.756. The molecule has 10 nitrogen and oxygen atoms in total. The zero-order chi connectivity index (χ0) is 24.2. The lowest BCUT2D eigenvalue weighted by Gasteiger charge is -2.07. The topological polar surface area (TPSA) is 137 Å². The van der Waals surface area contributed by atoms with Gasteiger partial charge in [-0.25, -0.2) is 4.99 Å². The summed E-state index contributed by atoms with van der Waals surface area (Å²) in [7, 11) is 0. The molecule has 1 fully saturated rings. The molecule has 1 N–H and O–H groups in total. The number of rotatable bonds is 6. The Kier molecular flexibility index (Phi) is 6.57. The number of aliphatic imine (C=N–C) groups is 1. The normalized spacial score (nSPS) is 15.4. The molecule has 3 aromatic rings. The van der Waals surface area contributed by atoms with Crippen molar-refractivity contribution in [3.8, 4) is 11.5 Å². The molecule has 0 spiro atoms. The van der Waals surface area contributed by atoms with Crippen molar-refractivity contribution in [3.63, 3.8) is 0 Å². The lowest BCUT2D eigenvalue weighted by molar-refractivity contribution is -0.394. The first-order chi connectivity index (χ1) is 16.3. The second-order valence-electron chi connectivity index (χ2n) is 6.77. The van der Waals surface area contributed by atoms with Crippen LogP contribution in [0.3, 0.4) is 0 Å². The van der Waals surface area contributed by atoms with Crippen LogP contribution in [0, 0.1) is 20.2 Å². The van der Waals surface area contributed by atoms with Crippen molar-refractivity contribution in [1.29, 1.82) is 0 Å². The van der Waals surface area contributed by atoms with Gasteiger partial charge in [0.25, 0.3) is 11.6 Å². The van der Waals surface area contributed by atoms with Gasteiger partial charge >= 0.3 is 5.69 Å². The summed E-state index contributed by atoms with van der Waals surface area (Å²) in [5.41, 5.74) is 0.159. The number of nitrogens with one attached hydrogen (secondary N) is 1. The van der Waals surface area contributed by atoms with E-state index in [-0.39, 0.29) is 17.4 Å². The van der Waals surface area contributed by atoms with Gasteiger partial charge in [-0.2, -0.15) is 0 Å².